The Labute approximate surface area is 104 Å². The third-order valence-electron chi connectivity index (χ3n) is 2.91. The fraction of sp³-hybridized carbons (Fsp3) is 0.417. The molecule has 0 fully saturated rings. The summed E-state index contributed by atoms with van der Waals surface area (Å²) in [5.74, 6) is 2.01. The molecular formula is C12H14N4O2. The first-order chi connectivity index (χ1) is 8.78. The van der Waals surface area contributed by atoms with Crippen molar-refractivity contribution in [2.45, 2.75) is 20.0 Å². The van der Waals surface area contributed by atoms with E-state index in [4.69, 9.17) is 9.15 Å². The zero-order valence-electron chi connectivity index (χ0n) is 10.4. The number of nitrogens with one attached hydrogen (secondary N) is 1. The number of hydrogen-bond donors (Lipinski definition) is 1. The zero-order valence-corrected chi connectivity index (χ0v) is 10.4. The van der Waals surface area contributed by atoms with E-state index in [-0.39, 0.29) is 0 Å². The molecular weight excluding hydrogens is 232 g/mol. The van der Waals surface area contributed by atoms with Gasteiger partial charge in [0.1, 0.15) is 17.8 Å². The summed E-state index contributed by atoms with van der Waals surface area (Å²) in [6.07, 6.45) is 2.38. The fourth-order valence-electron chi connectivity index (χ4n) is 2.02. The van der Waals surface area contributed by atoms with Crippen molar-refractivity contribution in [3.05, 3.63) is 23.4 Å². The lowest BCUT2D eigenvalue weighted by Crippen LogP contribution is -2.16. The smallest absolute Gasteiger partial charge is 0.191 e. The highest BCUT2D eigenvalue weighted by Crippen LogP contribution is 2.25. The summed E-state index contributed by atoms with van der Waals surface area (Å²) in [5.41, 5.74) is 2.72. The molecule has 3 heterocycles. The van der Waals surface area contributed by atoms with E-state index in [1.54, 1.807) is 13.2 Å². The summed E-state index contributed by atoms with van der Waals surface area (Å²) in [4.78, 5) is 13.3. The fourth-order valence-corrected chi connectivity index (χ4v) is 2.02. The minimum atomic E-state index is 0.559. The van der Waals surface area contributed by atoms with Crippen molar-refractivity contribution in [1.82, 2.24) is 15.0 Å². The highest BCUT2D eigenvalue weighted by molar-refractivity contribution is 5.56. The van der Waals surface area contributed by atoms with Crippen LogP contribution in [0.4, 0.5) is 5.82 Å². The van der Waals surface area contributed by atoms with Crippen LogP contribution in [0.15, 0.2) is 10.7 Å². The molecule has 1 aliphatic rings. The summed E-state index contributed by atoms with van der Waals surface area (Å²) in [5, 5.41) is 3.08. The average molecular weight is 246 g/mol. The average Bonchev–Trinajstić information content (AvgIpc) is 2.84. The van der Waals surface area contributed by atoms with Gasteiger partial charge in [0.2, 0.25) is 0 Å². The predicted molar refractivity (Wildman–Crippen MR) is 65.2 cm³/mol. The topological polar surface area (TPSA) is 73.1 Å². The number of hydrogen-bond acceptors (Lipinski definition) is 6. The molecule has 0 aliphatic carbocycles. The van der Waals surface area contributed by atoms with E-state index < -0.39 is 0 Å². The molecule has 0 radical (unpaired) electrons. The van der Waals surface area contributed by atoms with Crippen LogP contribution >= 0.6 is 0 Å². The molecule has 0 amide bonds. The van der Waals surface area contributed by atoms with Crippen molar-refractivity contribution in [3.63, 3.8) is 0 Å². The Morgan fingerprint density at radius 2 is 2.17 bits per heavy atom. The molecule has 1 N–H and O–H groups in total. The van der Waals surface area contributed by atoms with E-state index in [9.17, 15) is 0 Å². The first kappa shape index (κ1) is 11.2. The largest absolute Gasteiger partial charge is 0.449 e. The number of nitrogens with zero attached hydrogens (tertiary/aromatic N) is 3. The van der Waals surface area contributed by atoms with Crippen molar-refractivity contribution in [2.24, 2.45) is 0 Å². The number of fused-ring (bicyclic) bond motifs is 1. The van der Waals surface area contributed by atoms with Gasteiger partial charge in [0.25, 0.3) is 0 Å². The van der Waals surface area contributed by atoms with Gasteiger partial charge in [-0.1, -0.05) is 0 Å². The van der Waals surface area contributed by atoms with Crippen LogP contribution in [0.1, 0.15) is 17.1 Å². The second-order valence-corrected chi connectivity index (χ2v) is 4.13. The van der Waals surface area contributed by atoms with E-state index >= 15 is 0 Å². The van der Waals surface area contributed by atoms with Gasteiger partial charge in [0.05, 0.1) is 18.9 Å². The molecule has 0 aromatic carbocycles. The van der Waals surface area contributed by atoms with Crippen LogP contribution < -0.4 is 5.32 Å². The van der Waals surface area contributed by atoms with Crippen molar-refractivity contribution >= 4 is 5.82 Å². The highest BCUT2D eigenvalue weighted by atomic mass is 16.5. The molecule has 18 heavy (non-hydrogen) atoms. The molecule has 6 nitrogen and oxygen atoms in total. The van der Waals surface area contributed by atoms with Crippen molar-refractivity contribution in [1.29, 1.82) is 0 Å². The second kappa shape index (κ2) is 4.38. The van der Waals surface area contributed by atoms with Crippen LogP contribution in [0.2, 0.25) is 0 Å². The summed E-state index contributed by atoms with van der Waals surface area (Å²) < 4.78 is 10.6. The van der Waals surface area contributed by atoms with E-state index in [0.29, 0.717) is 30.6 Å². The Bertz CT molecular complexity index is 562. The molecule has 0 spiro atoms. The van der Waals surface area contributed by atoms with Gasteiger partial charge in [0.15, 0.2) is 11.7 Å². The van der Waals surface area contributed by atoms with Crippen molar-refractivity contribution < 1.29 is 9.15 Å². The van der Waals surface area contributed by atoms with Crippen molar-refractivity contribution in [2.75, 3.05) is 19.0 Å². The molecule has 0 saturated heterocycles. The first-order valence-corrected chi connectivity index (χ1v) is 5.85. The number of oxazole rings is 1. The maximum Gasteiger partial charge on any atom is 0.191 e. The van der Waals surface area contributed by atoms with Gasteiger partial charge in [-0.05, 0) is 0 Å². The van der Waals surface area contributed by atoms with Gasteiger partial charge in [-0.3, -0.25) is 0 Å². The summed E-state index contributed by atoms with van der Waals surface area (Å²) in [6.45, 7) is 3.06. The van der Waals surface area contributed by atoms with E-state index in [1.165, 1.54) is 0 Å². The second-order valence-electron chi connectivity index (χ2n) is 4.13. The normalized spacial score (nSPS) is 14.3. The quantitative estimate of drug-likeness (QED) is 0.866. The Morgan fingerprint density at radius 3 is 2.89 bits per heavy atom. The van der Waals surface area contributed by atoms with Crippen LogP contribution in [0.3, 0.4) is 0 Å². The molecule has 2 aromatic rings. The Hall–Kier alpha value is -1.95. The number of aryl methyl sites for hydroxylation is 1. The molecule has 6 heteroatoms. The molecule has 1 aliphatic heterocycles. The lowest BCUT2D eigenvalue weighted by molar-refractivity contribution is 0.109. The molecule has 94 valence electrons. The third-order valence-corrected chi connectivity index (χ3v) is 2.91. The Morgan fingerprint density at radius 1 is 1.28 bits per heavy atom. The van der Waals surface area contributed by atoms with Crippen LogP contribution in [-0.4, -0.2) is 28.6 Å². The maximum absolute atomic E-state index is 5.43. The van der Waals surface area contributed by atoms with Crippen LogP contribution in [0, 0.1) is 6.92 Å². The molecule has 2 aromatic heterocycles. The lowest BCUT2D eigenvalue weighted by atomic mass is 10.1. The SMILES string of the molecule is CNc1nc(-c2coc(C)n2)nc2c1COCC2. The molecule has 3 rings (SSSR count). The van der Waals surface area contributed by atoms with Gasteiger partial charge in [-0.15, -0.1) is 0 Å². The van der Waals surface area contributed by atoms with E-state index in [1.807, 2.05) is 7.05 Å². The third kappa shape index (κ3) is 1.84. The maximum atomic E-state index is 5.43. The van der Waals surface area contributed by atoms with E-state index in [2.05, 4.69) is 20.3 Å². The number of aromatic nitrogens is 3. The molecule has 0 unspecified atom stereocenters. The van der Waals surface area contributed by atoms with Crippen LogP contribution in [0.25, 0.3) is 11.5 Å². The van der Waals surface area contributed by atoms with Gasteiger partial charge >= 0.3 is 0 Å². The van der Waals surface area contributed by atoms with Crippen molar-refractivity contribution in [3.8, 4) is 11.5 Å². The Balaban J connectivity index is 2.11. The first-order valence-electron chi connectivity index (χ1n) is 5.85. The van der Waals surface area contributed by atoms with Gasteiger partial charge < -0.3 is 14.5 Å². The number of ether oxygens (including phenoxy) is 1. The Kier molecular flexibility index (Phi) is 2.71. The summed E-state index contributed by atoms with van der Waals surface area (Å²) in [7, 11) is 1.84. The minimum absolute atomic E-state index is 0.559. The standard InChI is InChI=1S/C12H14N4O2/c1-7-14-10(6-18-7)12-15-9-3-4-17-5-8(9)11(13-2)16-12/h6H,3-5H2,1-2H3,(H,13,15,16). The van der Waals surface area contributed by atoms with Gasteiger partial charge in [0, 0.05) is 26.0 Å². The van der Waals surface area contributed by atoms with Gasteiger partial charge in [-0.2, -0.15) is 0 Å². The summed E-state index contributed by atoms with van der Waals surface area (Å²) >= 11 is 0. The van der Waals surface area contributed by atoms with E-state index in [0.717, 1.165) is 23.5 Å². The number of rotatable bonds is 2. The van der Waals surface area contributed by atoms with Crippen LogP contribution in [0.5, 0.6) is 0 Å². The predicted octanol–water partition coefficient (Wildman–Crippen LogP) is 1.55. The molecule has 0 atom stereocenters. The summed E-state index contributed by atoms with van der Waals surface area (Å²) in [6, 6.07) is 0. The monoisotopic (exact) mass is 246 g/mol. The minimum Gasteiger partial charge on any atom is -0.449 e. The lowest BCUT2D eigenvalue weighted by Gasteiger charge is -2.18. The van der Waals surface area contributed by atoms with Crippen LogP contribution in [-0.2, 0) is 17.8 Å². The number of anilines is 1. The molecule has 0 bridgehead atoms. The zero-order chi connectivity index (χ0) is 12.5. The molecule has 0 saturated carbocycles. The van der Waals surface area contributed by atoms with Gasteiger partial charge in [-0.25, -0.2) is 15.0 Å². The highest BCUT2D eigenvalue weighted by Gasteiger charge is 2.19.